The number of ether oxygens (including phenoxy) is 1. The average molecular weight is 278 g/mol. The number of halogens is 1. The lowest BCUT2D eigenvalue weighted by Gasteiger charge is -2.18. The van der Waals surface area contributed by atoms with Gasteiger partial charge < -0.3 is 10.1 Å². The van der Waals surface area contributed by atoms with E-state index < -0.39 is 0 Å². The minimum absolute atomic E-state index is 0.209. The molecule has 0 aromatic rings. The van der Waals surface area contributed by atoms with Gasteiger partial charge in [0.25, 0.3) is 0 Å². The Morgan fingerprint density at radius 1 is 1.67 bits per heavy atom. The number of hydrogen-bond donors (Lipinski definition) is 1. The second kappa shape index (κ2) is 5.30. The van der Waals surface area contributed by atoms with Crippen LogP contribution in [0.5, 0.6) is 0 Å². The van der Waals surface area contributed by atoms with Gasteiger partial charge in [-0.2, -0.15) is 0 Å². The first-order chi connectivity index (χ1) is 6.94. The van der Waals surface area contributed by atoms with Crippen molar-refractivity contribution in [1.82, 2.24) is 5.32 Å². The van der Waals surface area contributed by atoms with Crippen molar-refractivity contribution < 1.29 is 9.53 Å². The number of alkyl halides is 1. The van der Waals surface area contributed by atoms with E-state index >= 15 is 0 Å². The van der Waals surface area contributed by atoms with Gasteiger partial charge in [0, 0.05) is 12.6 Å². The minimum Gasteiger partial charge on any atom is -0.468 e. The van der Waals surface area contributed by atoms with Crippen LogP contribution in [-0.2, 0) is 9.53 Å². The van der Waals surface area contributed by atoms with Crippen LogP contribution >= 0.6 is 15.9 Å². The summed E-state index contributed by atoms with van der Waals surface area (Å²) in [6.07, 6.45) is 3.65. The summed E-state index contributed by atoms with van der Waals surface area (Å²) < 4.78 is 4.64. The molecule has 0 bridgehead atoms. The molecule has 88 valence electrons. The number of carbonyl (C=O) groups is 1. The highest BCUT2D eigenvalue weighted by molar-refractivity contribution is 9.10. The molecule has 0 spiro atoms. The van der Waals surface area contributed by atoms with Gasteiger partial charge in [0.1, 0.15) is 4.83 Å². The molecule has 3 nitrogen and oxygen atoms in total. The van der Waals surface area contributed by atoms with Crippen molar-refractivity contribution in [2.24, 2.45) is 5.41 Å². The van der Waals surface area contributed by atoms with Gasteiger partial charge in [0.2, 0.25) is 0 Å². The molecule has 2 atom stereocenters. The Bertz CT molecular complexity index is 231. The van der Waals surface area contributed by atoms with Gasteiger partial charge >= 0.3 is 5.97 Å². The lowest BCUT2D eigenvalue weighted by molar-refractivity contribution is -0.139. The Morgan fingerprint density at radius 3 is 2.80 bits per heavy atom. The van der Waals surface area contributed by atoms with Crippen LogP contribution in [0.1, 0.15) is 33.1 Å². The van der Waals surface area contributed by atoms with Gasteiger partial charge in [-0.25, -0.2) is 0 Å². The highest BCUT2D eigenvalue weighted by Crippen LogP contribution is 2.36. The zero-order chi connectivity index (χ0) is 11.5. The van der Waals surface area contributed by atoms with Crippen LogP contribution in [0.4, 0.5) is 0 Å². The Labute approximate surface area is 100 Å². The van der Waals surface area contributed by atoms with Gasteiger partial charge in [-0.05, 0) is 24.7 Å². The lowest BCUT2D eigenvalue weighted by atomic mass is 9.92. The molecule has 2 unspecified atom stereocenters. The molecule has 0 saturated heterocycles. The van der Waals surface area contributed by atoms with E-state index in [4.69, 9.17) is 0 Å². The number of hydrogen-bond acceptors (Lipinski definition) is 3. The van der Waals surface area contributed by atoms with Gasteiger partial charge in [-0.3, -0.25) is 4.79 Å². The van der Waals surface area contributed by atoms with Gasteiger partial charge in [-0.15, -0.1) is 0 Å². The maximum Gasteiger partial charge on any atom is 0.320 e. The largest absolute Gasteiger partial charge is 0.468 e. The summed E-state index contributed by atoms with van der Waals surface area (Å²) in [6.45, 7) is 5.23. The standard InChI is InChI=1S/C11H20BrNO2/c1-11(2)5-4-8(6-11)13-7-9(12)10(14)15-3/h8-9,13H,4-7H2,1-3H3. The maximum atomic E-state index is 11.1. The van der Waals surface area contributed by atoms with Crippen molar-refractivity contribution in [3.8, 4) is 0 Å². The van der Waals surface area contributed by atoms with Crippen molar-refractivity contribution >= 4 is 21.9 Å². The van der Waals surface area contributed by atoms with Crippen LogP contribution < -0.4 is 5.32 Å². The quantitative estimate of drug-likeness (QED) is 0.632. The Morgan fingerprint density at radius 2 is 2.33 bits per heavy atom. The van der Waals surface area contributed by atoms with Crippen LogP contribution in [-0.4, -0.2) is 30.5 Å². The van der Waals surface area contributed by atoms with Crippen molar-refractivity contribution in [3.05, 3.63) is 0 Å². The minimum atomic E-state index is -0.230. The fraction of sp³-hybridized carbons (Fsp3) is 0.909. The molecule has 0 heterocycles. The Balaban J connectivity index is 2.24. The summed E-state index contributed by atoms with van der Waals surface area (Å²) in [5.74, 6) is -0.209. The van der Waals surface area contributed by atoms with Crippen LogP contribution in [0.25, 0.3) is 0 Å². The summed E-state index contributed by atoms with van der Waals surface area (Å²) in [5, 5.41) is 3.40. The van der Waals surface area contributed by atoms with Crippen molar-refractivity contribution in [1.29, 1.82) is 0 Å². The molecule has 1 aliphatic carbocycles. The zero-order valence-corrected chi connectivity index (χ0v) is 11.3. The first-order valence-corrected chi connectivity index (χ1v) is 6.31. The van der Waals surface area contributed by atoms with Crippen molar-refractivity contribution in [2.45, 2.75) is 44.0 Å². The van der Waals surface area contributed by atoms with E-state index in [9.17, 15) is 4.79 Å². The predicted molar refractivity (Wildman–Crippen MR) is 64.2 cm³/mol. The molecule has 0 aromatic heterocycles. The topological polar surface area (TPSA) is 38.3 Å². The average Bonchev–Trinajstić information content (AvgIpc) is 2.53. The number of methoxy groups -OCH3 is 1. The molecular formula is C11H20BrNO2. The van der Waals surface area contributed by atoms with E-state index in [1.807, 2.05) is 0 Å². The van der Waals surface area contributed by atoms with Crippen LogP contribution in [0.15, 0.2) is 0 Å². The van der Waals surface area contributed by atoms with E-state index in [2.05, 4.69) is 39.8 Å². The number of nitrogens with one attached hydrogen (secondary N) is 1. The second-order valence-corrected chi connectivity index (χ2v) is 6.11. The molecule has 1 rings (SSSR count). The number of esters is 1. The van der Waals surface area contributed by atoms with E-state index in [0.717, 1.165) is 0 Å². The van der Waals surface area contributed by atoms with Gasteiger partial charge in [-0.1, -0.05) is 29.8 Å². The number of rotatable bonds is 4. The van der Waals surface area contributed by atoms with E-state index in [-0.39, 0.29) is 10.8 Å². The smallest absolute Gasteiger partial charge is 0.320 e. The molecule has 4 heteroatoms. The molecular weight excluding hydrogens is 258 g/mol. The van der Waals surface area contributed by atoms with Crippen LogP contribution in [0, 0.1) is 5.41 Å². The molecule has 1 saturated carbocycles. The highest BCUT2D eigenvalue weighted by Gasteiger charge is 2.31. The summed E-state index contributed by atoms with van der Waals surface area (Å²) in [6, 6.07) is 0.546. The Hall–Kier alpha value is -0.0900. The molecule has 1 N–H and O–H groups in total. The third-order valence-electron chi connectivity index (χ3n) is 3.01. The summed E-state index contributed by atoms with van der Waals surface area (Å²) >= 11 is 3.30. The van der Waals surface area contributed by atoms with Crippen molar-refractivity contribution in [2.75, 3.05) is 13.7 Å². The maximum absolute atomic E-state index is 11.1. The van der Waals surface area contributed by atoms with E-state index in [1.165, 1.54) is 26.4 Å². The third kappa shape index (κ3) is 4.11. The van der Waals surface area contributed by atoms with E-state index in [0.29, 0.717) is 18.0 Å². The normalized spacial score (nSPS) is 26.3. The summed E-state index contributed by atoms with van der Waals surface area (Å²) in [4.78, 5) is 10.9. The zero-order valence-electron chi connectivity index (χ0n) is 9.68. The first kappa shape index (κ1) is 13.0. The fourth-order valence-electron chi connectivity index (χ4n) is 2.09. The predicted octanol–water partition coefficient (Wildman–Crippen LogP) is 2.09. The van der Waals surface area contributed by atoms with Gasteiger partial charge in [0.15, 0.2) is 0 Å². The second-order valence-electron chi connectivity index (χ2n) is 5.00. The first-order valence-electron chi connectivity index (χ1n) is 5.40. The molecule has 0 amide bonds. The molecule has 15 heavy (non-hydrogen) atoms. The molecule has 1 aliphatic rings. The van der Waals surface area contributed by atoms with Crippen LogP contribution in [0.2, 0.25) is 0 Å². The Kier molecular flexibility index (Phi) is 4.59. The lowest BCUT2D eigenvalue weighted by Crippen LogP contribution is -2.36. The van der Waals surface area contributed by atoms with Crippen molar-refractivity contribution in [3.63, 3.8) is 0 Å². The van der Waals surface area contributed by atoms with Gasteiger partial charge in [0.05, 0.1) is 7.11 Å². The van der Waals surface area contributed by atoms with Crippen LogP contribution in [0.3, 0.4) is 0 Å². The SMILES string of the molecule is COC(=O)C(Br)CNC1CCC(C)(C)C1. The fourth-order valence-corrected chi connectivity index (χ4v) is 2.47. The highest BCUT2D eigenvalue weighted by atomic mass is 79.9. The summed E-state index contributed by atoms with van der Waals surface area (Å²) in [5.41, 5.74) is 0.449. The monoisotopic (exact) mass is 277 g/mol. The summed E-state index contributed by atoms with van der Waals surface area (Å²) in [7, 11) is 1.41. The molecule has 0 aromatic carbocycles. The van der Waals surface area contributed by atoms with E-state index in [1.54, 1.807) is 0 Å². The molecule has 1 fully saturated rings. The third-order valence-corrected chi connectivity index (χ3v) is 3.71. The molecule has 0 aliphatic heterocycles. The number of carbonyl (C=O) groups excluding carboxylic acids is 1. The molecule has 0 radical (unpaired) electrons.